The highest BCUT2D eigenvalue weighted by Gasteiger charge is 2.08. The maximum absolute atomic E-state index is 12.6. The number of hydrogen-bond acceptors (Lipinski definition) is 4. The van der Waals surface area contributed by atoms with Gasteiger partial charge in [0, 0.05) is 17.3 Å². The van der Waals surface area contributed by atoms with Crippen LogP contribution >= 0.6 is 0 Å². The summed E-state index contributed by atoms with van der Waals surface area (Å²) in [4.78, 5) is 12.6. The third kappa shape index (κ3) is 6.85. The van der Waals surface area contributed by atoms with Crippen LogP contribution in [0, 0.1) is 0 Å². The van der Waals surface area contributed by atoms with Crippen molar-refractivity contribution >= 4 is 11.6 Å². The van der Waals surface area contributed by atoms with Crippen LogP contribution in [-0.4, -0.2) is 25.7 Å². The number of rotatable bonds is 11. The molecular weight excluding hydrogens is 378 g/mol. The Morgan fingerprint density at radius 3 is 2.13 bits per heavy atom. The summed E-state index contributed by atoms with van der Waals surface area (Å²) in [6, 6.07) is 24.1. The predicted octanol–water partition coefficient (Wildman–Crippen LogP) is 5.58. The molecule has 0 bridgehead atoms. The molecule has 0 aliphatic rings. The van der Waals surface area contributed by atoms with Crippen molar-refractivity contribution in [3.05, 3.63) is 84.4 Å². The van der Waals surface area contributed by atoms with Gasteiger partial charge in [-0.15, -0.1) is 0 Å². The number of amides is 1. The Labute approximate surface area is 177 Å². The van der Waals surface area contributed by atoms with Gasteiger partial charge in [-0.2, -0.15) is 0 Å². The number of carbonyl (C=O) groups excluding carboxylic acids is 1. The molecule has 5 heteroatoms. The molecular formula is C25H27NO4. The first-order valence-corrected chi connectivity index (χ1v) is 10.2. The summed E-state index contributed by atoms with van der Waals surface area (Å²) in [6.07, 6.45) is 2.08. The fraction of sp³-hybridized carbons (Fsp3) is 0.240. The number of benzene rings is 3. The minimum absolute atomic E-state index is 0.202. The van der Waals surface area contributed by atoms with E-state index in [2.05, 4.69) is 12.2 Å². The van der Waals surface area contributed by atoms with Gasteiger partial charge >= 0.3 is 0 Å². The zero-order valence-corrected chi connectivity index (χ0v) is 17.2. The number of hydrogen-bond donors (Lipinski definition) is 1. The molecule has 0 aromatic heterocycles. The summed E-state index contributed by atoms with van der Waals surface area (Å²) in [5, 5.41) is 2.91. The molecule has 3 aromatic rings. The lowest BCUT2D eigenvalue weighted by atomic mass is 10.2. The lowest BCUT2D eigenvalue weighted by Crippen LogP contribution is -2.13. The summed E-state index contributed by atoms with van der Waals surface area (Å²) in [6.45, 7) is 3.60. The Morgan fingerprint density at radius 1 is 0.733 bits per heavy atom. The molecule has 1 N–H and O–H groups in total. The van der Waals surface area contributed by atoms with E-state index in [-0.39, 0.29) is 5.91 Å². The van der Waals surface area contributed by atoms with E-state index >= 15 is 0 Å². The second-order valence-electron chi connectivity index (χ2n) is 6.72. The molecule has 0 radical (unpaired) electrons. The van der Waals surface area contributed by atoms with E-state index < -0.39 is 0 Å². The van der Waals surface area contributed by atoms with Crippen molar-refractivity contribution in [1.29, 1.82) is 0 Å². The smallest absolute Gasteiger partial charge is 0.255 e. The summed E-state index contributed by atoms with van der Waals surface area (Å²) >= 11 is 0. The number of carbonyl (C=O) groups is 1. The van der Waals surface area contributed by atoms with Gasteiger partial charge in [-0.25, -0.2) is 0 Å². The van der Waals surface area contributed by atoms with Crippen molar-refractivity contribution in [3.8, 4) is 17.2 Å². The Balaban J connectivity index is 1.51. The van der Waals surface area contributed by atoms with Gasteiger partial charge in [0.25, 0.3) is 5.91 Å². The monoisotopic (exact) mass is 405 g/mol. The highest BCUT2D eigenvalue weighted by molar-refractivity contribution is 6.04. The maximum atomic E-state index is 12.6. The molecule has 0 aliphatic heterocycles. The number of para-hydroxylation sites is 1. The standard InChI is InChI=1S/C25H27NO4/c1-2-3-15-28-24-14-8-10-21(19-24)26-25(27)20-9-7-13-23(18-20)30-17-16-29-22-11-5-4-6-12-22/h4-14,18-19H,2-3,15-17H2,1H3,(H,26,27). The van der Waals surface area contributed by atoms with Crippen LogP contribution in [0.1, 0.15) is 30.1 Å². The zero-order chi connectivity index (χ0) is 21.0. The van der Waals surface area contributed by atoms with E-state index in [1.807, 2.05) is 60.7 Å². The Kier molecular flexibility index (Phi) is 8.15. The number of anilines is 1. The van der Waals surface area contributed by atoms with Crippen molar-refractivity contribution in [2.24, 2.45) is 0 Å². The first kappa shape index (κ1) is 21.2. The van der Waals surface area contributed by atoms with E-state index in [1.165, 1.54) is 0 Å². The summed E-state index contributed by atoms with van der Waals surface area (Å²) in [7, 11) is 0. The fourth-order valence-corrected chi connectivity index (χ4v) is 2.76. The highest BCUT2D eigenvalue weighted by atomic mass is 16.5. The molecule has 0 aliphatic carbocycles. The molecule has 0 saturated carbocycles. The van der Waals surface area contributed by atoms with Gasteiger partial charge in [0.15, 0.2) is 0 Å². The van der Waals surface area contributed by atoms with E-state index in [9.17, 15) is 4.79 Å². The third-order valence-electron chi connectivity index (χ3n) is 4.32. The number of unbranched alkanes of at least 4 members (excludes halogenated alkanes) is 1. The lowest BCUT2D eigenvalue weighted by Gasteiger charge is -2.11. The van der Waals surface area contributed by atoms with Crippen LogP contribution < -0.4 is 19.5 Å². The lowest BCUT2D eigenvalue weighted by molar-refractivity contribution is 0.102. The van der Waals surface area contributed by atoms with Crippen LogP contribution in [0.3, 0.4) is 0 Å². The van der Waals surface area contributed by atoms with Gasteiger partial charge in [0.2, 0.25) is 0 Å². The molecule has 5 nitrogen and oxygen atoms in total. The first-order chi connectivity index (χ1) is 14.7. The van der Waals surface area contributed by atoms with Gasteiger partial charge in [0.05, 0.1) is 6.61 Å². The van der Waals surface area contributed by atoms with Crippen molar-refractivity contribution in [3.63, 3.8) is 0 Å². The van der Waals surface area contributed by atoms with E-state index in [0.717, 1.165) is 24.3 Å². The average molecular weight is 405 g/mol. The number of nitrogens with one attached hydrogen (secondary N) is 1. The second kappa shape index (κ2) is 11.5. The summed E-state index contributed by atoms with van der Waals surface area (Å²) < 4.78 is 17.0. The Hall–Kier alpha value is -3.47. The molecule has 1 amide bonds. The molecule has 30 heavy (non-hydrogen) atoms. The summed E-state index contributed by atoms with van der Waals surface area (Å²) in [5.41, 5.74) is 1.21. The molecule has 0 unspecified atom stereocenters. The van der Waals surface area contributed by atoms with Crippen LogP contribution in [0.4, 0.5) is 5.69 Å². The van der Waals surface area contributed by atoms with Crippen LogP contribution in [0.2, 0.25) is 0 Å². The van der Waals surface area contributed by atoms with Crippen LogP contribution in [-0.2, 0) is 0 Å². The minimum Gasteiger partial charge on any atom is -0.494 e. The molecule has 3 rings (SSSR count). The van der Waals surface area contributed by atoms with Crippen LogP contribution in [0.5, 0.6) is 17.2 Å². The zero-order valence-electron chi connectivity index (χ0n) is 17.2. The molecule has 0 heterocycles. The molecule has 156 valence electrons. The quantitative estimate of drug-likeness (QED) is 0.423. The second-order valence-corrected chi connectivity index (χ2v) is 6.72. The third-order valence-corrected chi connectivity index (χ3v) is 4.32. The Morgan fingerprint density at radius 2 is 1.37 bits per heavy atom. The minimum atomic E-state index is -0.202. The van der Waals surface area contributed by atoms with Crippen molar-refractivity contribution in [2.45, 2.75) is 19.8 Å². The molecule has 0 spiro atoms. The SMILES string of the molecule is CCCCOc1cccc(NC(=O)c2cccc(OCCOc3ccccc3)c2)c1. The average Bonchev–Trinajstić information content (AvgIpc) is 2.78. The number of ether oxygens (including phenoxy) is 3. The van der Waals surface area contributed by atoms with E-state index in [1.54, 1.807) is 18.2 Å². The predicted molar refractivity (Wildman–Crippen MR) is 119 cm³/mol. The molecule has 0 atom stereocenters. The van der Waals surface area contributed by atoms with Gasteiger partial charge in [0.1, 0.15) is 30.5 Å². The molecule has 3 aromatic carbocycles. The van der Waals surface area contributed by atoms with Crippen LogP contribution in [0.25, 0.3) is 0 Å². The first-order valence-electron chi connectivity index (χ1n) is 10.2. The van der Waals surface area contributed by atoms with Gasteiger partial charge in [-0.3, -0.25) is 4.79 Å². The van der Waals surface area contributed by atoms with E-state index in [4.69, 9.17) is 14.2 Å². The Bertz CT molecular complexity index is 927. The summed E-state index contributed by atoms with van der Waals surface area (Å²) in [5.74, 6) is 1.97. The maximum Gasteiger partial charge on any atom is 0.255 e. The molecule has 0 fully saturated rings. The van der Waals surface area contributed by atoms with Crippen molar-refractivity contribution < 1.29 is 19.0 Å². The normalized spacial score (nSPS) is 10.3. The van der Waals surface area contributed by atoms with Crippen molar-refractivity contribution in [1.82, 2.24) is 0 Å². The highest BCUT2D eigenvalue weighted by Crippen LogP contribution is 2.20. The van der Waals surface area contributed by atoms with Gasteiger partial charge in [-0.05, 0) is 48.9 Å². The van der Waals surface area contributed by atoms with E-state index in [0.29, 0.717) is 36.8 Å². The van der Waals surface area contributed by atoms with Gasteiger partial charge in [-0.1, -0.05) is 43.7 Å². The van der Waals surface area contributed by atoms with Crippen LogP contribution in [0.15, 0.2) is 78.9 Å². The molecule has 0 saturated heterocycles. The largest absolute Gasteiger partial charge is 0.494 e. The topological polar surface area (TPSA) is 56.8 Å². The fourth-order valence-electron chi connectivity index (χ4n) is 2.76. The van der Waals surface area contributed by atoms with Gasteiger partial charge < -0.3 is 19.5 Å². The van der Waals surface area contributed by atoms with Crippen molar-refractivity contribution in [2.75, 3.05) is 25.1 Å².